The van der Waals surface area contributed by atoms with Gasteiger partial charge in [0, 0.05) is 0 Å². The Labute approximate surface area is 108 Å². The Morgan fingerprint density at radius 1 is 0.889 bits per heavy atom. The summed E-state index contributed by atoms with van der Waals surface area (Å²) in [5.41, 5.74) is 11.7. The molecule has 0 unspecified atom stereocenters. The van der Waals surface area contributed by atoms with E-state index in [9.17, 15) is 9.59 Å². The van der Waals surface area contributed by atoms with Crippen molar-refractivity contribution in [3.05, 3.63) is 60.7 Å². The van der Waals surface area contributed by atoms with Gasteiger partial charge in [-0.15, -0.1) is 0 Å². The van der Waals surface area contributed by atoms with Crippen molar-refractivity contribution in [3.63, 3.8) is 0 Å². The summed E-state index contributed by atoms with van der Waals surface area (Å²) in [7, 11) is 0. The Bertz CT molecular complexity index is 356. The summed E-state index contributed by atoms with van der Waals surface area (Å²) in [6.07, 6.45) is 2.11. The third-order valence-corrected chi connectivity index (χ3v) is 1.62. The molecule has 0 saturated carbocycles. The van der Waals surface area contributed by atoms with Gasteiger partial charge in [0.2, 0.25) is 11.8 Å². The molecule has 0 bridgehead atoms. The molecule has 0 aliphatic heterocycles. The topological polar surface area (TPSA) is 86.2 Å². The van der Waals surface area contributed by atoms with Gasteiger partial charge in [-0.25, -0.2) is 0 Å². The van der Waals surface area contributed by atoms with Crippen LogP contribution < -0.4 is 11.5 Å². The van der Waals surface area contributed by atoms with E-state index in [-0.39, 0.29) is 0 Å². The minimum absolute atomic E-state index is 0.481. The quantitative estimate of drug-likeness (QED) is 0.779. The third-order valence-electron chi connectivity index (χ3n) is 1.62. The maximum absolute atomic E-state index is 9.47. The molecule has 0 aromatic heterocycles. The van der Waals surface area contributed by atoms with E-state index in [0.717, 1.165) is 12.2 Å². The first-order valence-electron chi connectivity index (χ1n) is 5.20. The minimum Gasteiger partial charge on any atom is -0.366 e. The van der Waals surface area contributed by atoms with Gasteiger partial charge in [0.15, 0.2) is 0 Å². The molecular formula is C14H20N2O2. The summed E-state index contributed by atoms with van der Waals surface area (Å²) in [4.78, 5) is 18.9. The number of rotatable bonds is 2. The molecule has 4 nitrogen and oxygen atoms in total. The highest BCUT2D eigenvalue weighted by Crippen LogP contribution is 1.99. The van der Waals surface area contributed by atoms with Crippen LogP contribution in [0.5, 0.6) is 0 Å². The molecule has 0 spiro atoms. The maximum Gasteiger partial charge on any atom is 0.240 e. The molecule has 0 heterocycles. The molecule has 0 radical (unpaired) electrons. The summed E-state index contributed by atoms with van der Waals surface area (Å²) in [5, 5.41) is 0. The van der Waals surface area contributed by atoms with E-state index in [1.807, 2.05) is 0 Å². The summed E-state index contributed by atoms with van der Waals surface area (Å²) in [5.74, 6) is -0.963. The summed E-state index contributed by atoms with van der Waals surface area (Å²) < 4.78 is 0. The van der Waals surface area contributed by atoms with E-state index in [0.29, 0.717) is 0 Å². The number of nitrogens with two attached hydrogens (primary N) is 2. The van der Waals surface area contributed by atoms with Crippen LogP contribution in [0.15, 0.2) is 49.6 Å². The number of primary amides is 2. The van der Waals surface area contributed by atoms with Crippen molar-refractivity contribution >= 4 is 11.8 Å². The van der Waals surface area contributed by atoms with Crippen LogP contribution in [0.4, 0.5) is 0 Å². The molecule has 1 aromatic rings. The molecule has 0 fully saturated rings. The van der Waals surface area contributed by atoms with Crippen LogP contribution in [0.25, 0.3) is 0 Å². The first-order chi connectivity index (χ1) is 8.33. The van der Waals surface area contributed by atoms with Gasteiger partial charge >= 0.3 is 0 Å². The molecule has 0 atom stereocenters. The third kappa shape index (κ3) is 16.1. The number of amides is 2. The van der Waals surface area contributed by atoms with Crippen molar-refractivity contribution in [1.29, 1.82) is 0 Å². The first kappa shape index (κ1) is 18.0. The van der Waals surface area contributed by atoms with Crippen LogP contribution in [0.3, 0.4) is 0 Å². The normalized spacial score (nSPS) is 7.67. The molecule has 4 heteroatoms. The molecule has 0 aliphatic rings. The Hall–Kier alpha value is -2.36. The number of carbonyl (C=O) groups excluding carboxylic acids is 2. The van der Waals surface area contributed by atoms with Gasteiger partial charge in [-0.1, -0.05) is 48.6 Å². The molecule has 0 saturated heterocycles. The summed E-state index contributed by atoms with van der Waals surface area (Å²) >= 11 is 0. The summed E-state index contributed by atoms with van der Waals surface area (Å²) in [6.45, 7) is 10.4. The largest absolute Gasteiger partial charge is 0.366 e. The second-order valence-corrected chi connectivity index (χ2v) is 3.37. The monoisotopic (exact) mass is 248 g/mol. The Morgan fingerprint density at radius 3 is 1.17 bits per heavy atom. The molecule has 4 N–H and O–H groups in total. The fourth-order valence-electron chi connectivity index (χ4n) is 0.637. The second kappa shape index (κ2) is 11.1. The average Bonchev–Trinajstić information content (AvgIpc) is 2.34. The van der Waals surface area contributed by atoms with E-state index in [2.05, 4.69) is 62.7 Å². The SMILES string of the molecule is C=CC(N)=O.C=CC(N)=O.Cc1ccc(C)cc1. The smallest absolute Gasteiger partial charge is 0.240 e. The Kier molecular flexibility index (Phi) is 11.1. The van der Waals surface area contributed by atoms with Crippen molar-refractivity contribution in [1.82, 2.24) is 0 Å². The van der Waals surface area contributed by atoms with Gasteiger partial charge in [-0.2, -0.15) is 0 Å². The predicted octanol–water partition coefficient (Wildman–Crippen LogP) is 1.62. The highest BCUT2D eigenvalue weighted by atomic mass is 16.1. The van der Waals surface area contributed by atoms with E-state index in [4.69, 9.17) is 0 Å². The summed E-state index contributed by atoms with van der Waals surface area (Å²) in [6, 6.07) is 8.48. The lowest BCUT2D eigenvalue weighted by molar-refractivity contribution is -0.114. The molecule has 2 amide bonds. The zero-order valence-corrected chi connectivity index (χ0v) is 10.8. The van der Waals surface area contributed by atoms with Gasteiger partial charge in [0.25, 0.3) is 0 Å². The molecule has 1 aromatic carbocycles. The van der Waals surface area contributed by atoms with Crippen molar-refractivity contribution in [2.24, 2.45) is 11.5 Å². The van der Waals surface area contributed by atoms with Crippen LogP contribution in [-0.4, -0.2) is 11.8 Å². The zero-order chi connectivity index (χ0) is 14.6. The number of aryl methyl sites for hydroxylation is 2. The lowest BCUT2D eigenvalue weighted by Crippen LogP contribution is -2.04. The number of hydrogen-bond acceptors (Lipinski definition) is 2. The maximum atomic E-state index is 9.47. The van der Waals surface area contributed by atoms with Gasteiger partial charge in [-0.05, 0) is 26.0 Å². The number of benzene rings is 1. The van der Waals surface area contributed by atoms with Crippen LogP contribution >= 0.6 is 0 Å². The Balaban J connectivity index is 0. The van der Waals surface area contributed by atoms with Crippen LogP contribution in [0.1, 0.15) is 11.1 Å². The van der Waals surface area contributed by atoms with E-state index >= 15 is 0 Å². The first-order valence-corrected chi connectivity index (χ1v) is 5.20. The van der Waals surface area contributed by atoms with Gasteiger partial charge < -0.3 is 11.5 Å². The Morgan fingerprint density at radius 2 is 1.06 bits per heavy atom. The second-order valence-electron chi connectivity index (χ2n) is 3.37. The average molecular weight is 248 g/mol. The van der Waals surface area contributed by atoms with Gasteiger partial charge in [0.1, 0.15) is 0 Å². The van der Waals surface area contributed by atoms with Gasteiger partial charge in [0.05, 0.1) is 0 Å². The molecule has 18 heavy (non-hydrogen) atoms. The van der Waals surface area contributed by atoms with Crippen molar-refractivity contribution < 1.29 is 9.59 Å². The van der Waals surface area contributed by atoms with Crippen LogP contribution in [-0.2, 0) is 9.59 Å². The zero-order valence-electron chi connectivity index (χ0n) is 10.8. The lowest BCUT2D eigenvalue weighted by atomic mass is 10.2. The predicted molar refractivity (Wildman–Crippen MR) is 74.7 cm³/mol. The fraction of sp³-hybridized carbons (Fsp3) is 0.143. The van der Waals surface area contributed by atoms with E-state index in [1.54, 1.807) is 0 Å². The number of carbonyl (C=O) groups is 2. The molecule has 98 valence electrons. The van der Waals surface area contributed by atoms with Crippen molar-refractivity contribution in [3.8, 4) is 0 Å². The van der Waals surface area contributed by atoms with Crippen LogP contribution in [0.2, 0.25) is 0 Å². The van der Waals surface area contributed by atoms with Crippen LogP contribution in [0, 0.1) is 13.8 Å². The minimum atomic E-state index is -0.481. The lowest BCUT2D eigenvalue weighted by Gasteiger charge is -1.90. The highest BCUT2D eigenvalue weighted by Gasteiger charge is 1.79. The van der Waals surface area contributed by atoms with E-state index in [1.165, 1.54) is 11.1 Å². The molecule has 1 rings (SSSR count). The number of hydrogen-bond donors (Lipinski definition) is 2. The highest BCUT2D eigenvalue weighted by molar-refractivity contribution is 5.85. The molecule has 0 aliphatic carbocycles. The standard InChI is InChI=1S/C8H10.2C3H5NO/c1-7-3-5-8(2)6-4-7;2*1-2-3(4)5/h3-6H,1-2H3;2*2H,1H2,(H2,4,5). The van der Waals surface area contributed by atoms with Gasteiger partial charge in [-0.3, -0.25) is 9.59 Å². The van der Waals surface area contributed by atoms with E-state index < -0.39 is 11.8 Å². The fourth-order valence-corrected chi connectivity index (χ4v) is 0.637. The van der Waals surface area contributed by atoms with Crippen molar-refractivity contribution in [2.45, 2.75) is 13.8 Å². The van der Waals surface area contributed by atoms with Crippen molar-refractivity contribution in [2.75, 3.05) is 0 Å². The molecular weight excluding hydrogens is 228 g/mol.